The second-order valence-corrected chi connectivity index (χ2v) is 4.79. The number of phenolic OH excluding ortho intramolecular Hbond substituents is 1. The second kappa shape index (κ2) is 8.44. The van der Waals surface area contributed by atoms with E-state index in [0.717, 1.165) is 6.07 Å². The summed E-state index contributed by atoms with van der Waals surface area (Å²) in [4.78, 5) is 23.3. The average Bonchev–Trinajstić information content (AvgIpc) is 2.59. The number of hydrogen-bond acceptors (Lipinski definition) is 5. The topological polar surface area (TPSA) is 100 Å². The van der Waals surface area contributed by atoms with Gasteiger partial charge in [-0.3, -0.25) is 9.59 Å². The highest BCUT2D eigenvalue weighted by molar-refractivity contribution is 6.39. The van der Waals surface area contributed by atoms with E-state index < -0.39 is 17.6 Å². The molecule has 3 N–H and O–H groups in total. The van der Waals surface area contributed by atoms with Crippen LogP contribution in [0.3, 0.4) is 0 Å². The average molecular weight is 345 g/mol. The van der Waals surface area contributed by atoms with E-state index in [1.807, 2.05) is 5.43 Å². The zero-order chi connectivity index (χ0) is 18.2. The maximum Gasteiger partial charge on any atom is 0.329 e. The Balaban J connectivity index is 1.95. The number of nitrogens with zero attached hydrogens (tertiary/aromatic N) is 1. The van der Waals surface area contributed by atoms with E-state index in [0.29, 0.717) is 12.2 Å². The lowest BCUT2D eigenvalue weighted by molar-refractivity contribution is -0.136. The highest BCUT2D eigenvalue weighted by atomic mass is 19.1. The van der Waals surface area contributed by atoms with E-state index in [2.05, 4.69) is 10.4 Å². The molecule has 25 heavy (non-hydrogen) atoms. The smallest absolute Gasteiger partial charge is 0.329 e. The van der Waals surface area contributed by atoms with Crippen molar-refractivity contribution in [2.45, 2.75) is 6.92 Å². The van der Waals surface area contributed by atoms with Gasteiger partial charge in [-0.15, -0.1) is 0 Å². The number of nitrogens with one attached hydrogen (secondary N) is 2. The molecule has 0 aliphatic carbocycles. The van der Waals surface area contributed by atoms with E-state index in [1.54, 1.807) is 13.0 Å². The molecule has 0 radical (unpaired) electrons. The van der Waals surface area contributed by atoms with Crippen LogP contribution < -0.4 is 15.5 Å². The Labute approximate surface area is 143 Å². The first-order valence-electron chi connectivity index (χ1n) is 7.36. The third-order valence-corrected chi connectivity index (χ3v) is 2.99. The van der Waals surface area contributed by atoms with Crippen LogP contribution in [0.2, 0.25) is 0 Å². The first-order chi connectivity index (χ1) is 12.0. The van der Waals surface area contributed by atoms with Gasteiger partial charge in [0.25, 0.3) is 0 Å². The first-order valence-corrected chi connectivity index (χ1v) is 7.36. The number of halogens is 1. The van der Waals surface area contributed by atoms with E-state index in [1.165, 1.54) is 36.5 Å². The van der Waals surface area contributed by atoms with E-state index in [-0.39, 0.29) is 17.2 Å². The summed E-state index contributed by atoms with van der Waals surface area (Å²) in [6.07, 6.45) is 1.27. The molecule has 2 aromatic rings. The Bertz CT molecular complexity index is 808. The Kier molecular flexibility index (Phi) is 6.05. The van der Waals surface area contributed by atoms with Crippen LogP contribution in [0.5, 0.6) is 11.5 Å². The Morgan fingerprint density at radius 2 is 2.00 bits per heavy atom. The predicted molar refractivity (Wildman–Crippen MR) is 90.0 cm³/mol. The predicted octanol–water partition coefficient (Wildman–Crippen LogP) is 2.02. The van der Waals surface area contributed by atoms with Gasteiger partial charge < -0.3 is 15.2 Å². The van der Waals surface area contributed by atoms with Crippen LogP contribution in [0.4, 0.5) is 10.1 Å². The van der Waals surface area contributed by atoms with Crippen molar-refractivity contribution < 1.29 is 23.8 Å². The summed E-state index contributed by atoms with van der Waals surface area (Å²) in [7, 11) is 0. The molecule has 2 aromatic carbocycles. The van der Waals surface area contributed by atoms with Gasteiger partial charge in [-0.05, 0) is 42.8 Å². The van der Waals surface area contributed by atoms with Crippen molar-refractivity contribution in [1.82, 2.24) is 5.43 Å². The van der Waals surface area contributed by atoms with Gasteiger partial charge in [-0.25, -0.2) is 9.82 Å². The minimum absolute atomic E-state index is 0.0210. The molecule has 0 aromatic heterocycles. The van der Waals surface area contributed by atoms with Crippen LogP contribution in [0, 0.1) is 5.82 Å². The van der Waals surface area contributed by atoms with Gasteiger partial charge in [0, 0.05) is 0 Å². The fourth-order valence-corrected chi connectivity index (χ4v) is 1.84. The normalized spacial score (nSPS) is 10.5. The first kappa shape index (κ1) is 17.9. The van der Waals surface area contributed by atoms with Crippen molar-refractivity contribution in [3.63, 3.8) is 0 Å². The third kappa shape index (κ3) is 5.03. The fraction of sp³-hybridized carbons (Fsp3) is 0.118. The van der Waals surface area contributed by atoms with Gasteiger partial charge in [0.1, 0.15) is 5.82 Å². The van der Waals surface area contributed by atoms with Gasteiger partial charge in [-0.2, -0.15) is 5.10 Å². The molecule has 8 heteroatoms. The molecule has 0 saturated heterocycles. The molecule has 2 amide bonds. The number of phenols is 1. The molecule has 0 heterocycles. The monoisotopic (exact) mass is 345 g/mol. The number of carbonyl (C=O) groups excluding carboxylic acids is 2. The van der Waals surface area contributed by atoms with E-state index in [9.17, 15) is 19.1 Å². The number of carbonyl (C=O) groups is 2. The van der Waals surface area contributed by atoms with Gasteiger partial charge >= 0.3 is 11.8 Å². The highest BCUT2D eigenvalue weighted by Gasteiger charge is 2.14. The number of hydrogen-bond donors (Lipinski definition) is 3. The van der Waals surface area contributed by atoms with Crippen molar-refractivity contribution in [3.8, 4) is 11.5 Å². The van der Waals surface area contributed by atoms with Crippen LogP contribution in [-0.2, 0) is 9.59 Å². The fourth-order valence-electron chi connectivity index (χ4n) is 1.84. The van der Waals surface area contributed by atoms with Gasteiger partial charge in [0.15, 0.2) is 11.5 Å². The van der Waals surface area contributed by atoms with Crippen molar-refractivity contribution in [3.05, 3.63) is 53.8 Å². The summed E-state index contributed by atoms with van der Waals surface area (Å²) in [5.41, 5.74) is 2.46. The highest BCUT2D eigenvalue weighted by Crippen LogP contribution is 2.26. The summed E-state index contributed by atoms with van der Waals surface area (Å²) >= 11 is 0. The standard InChI is InChI=1S/C17H16FN3O4/c1-2-25-15-9-11(7-8-14(15)22)10-19-21-17(24)16(23)20-13-6-4-3-5-12(13)18/h3-10,22H,2H2,1H3,(H,20,23)(H,21,24)/b19-10-. The van der Waals surface area contributed by atoms with Crippen molar-refractivity contribution in [2.24, 2.45) is 5.10 Å². The number of amides is 2. The molecule has 0 aliphatic heterocycles. The Morgan fingerprint density at radius 3 is 2.72 bits per heavy atom. The van der Waals surface area contributed by atoms with E-state index in [4.69, 9.17) is 4.74 Å². The van der Waals surface area contributed by atoms with Crippen LogP contribution in [0.15, 0.2) is 47.6 Å². The second-order valence-electron chi connectivity index (χ2n) is 4.79. The summed E-state index contributed by atoms with van der Waals surface area (Å²) in [6.45, 7) is 2.15. The molecule has 0 bridgehead atoms. The Morgan fingerprint density at radius 1 is 1.24 bits per heavy atom. The molecule has 0 fully saturated rings. The molecular weight excluding hydrogens is 329 g/mol. The largest absolute Gasteiger partial charge is 0.504 e. The Hall–Kier alpha value is -3.42. The van der Waals surface area contributed by atoms with Crippen molar-refractivity contribution in [2.75, 3.05) is 11.9 Å². The lowest BCUT2D eigenvalue weighted by Gasteiger charge is -2.06. The van der Waals surface area contributed by atoms with Crippen molar-refractivity contribution >= 4 is 23.7 Å². The zero-order valence-electron chi connectivity index (χ0n) is 13.3. The lowest BCUT2D eigenvalue weighted by atomic mass is 10.2. The number of ether oxygens (including phenoxy) is 1. The van der Waals surface area contributed by atoms with Crippen LogP contribution >= 0.6 is 0 Å². The van der Waals surface area contributed by atoms with Crippen LogP contribution in [0.25, 0.3) is 0 Å². The van der Waals surface area contributed by atoms with Crippen LogP contribution in [-0.4, -0.2) is 29.7 Å². The number of aromatic hydroxyl groups is 1. The molecule has 2 rings (SSSR count). The molecule has 0 atom stereocenters. The SMILES string of the molecule is CCOc1cc(/C=N\NC(=O)C(=O)Nc2ccccc2F)ccc1O. The molecule has 130 valence electrons. The number of benzene rings is 2. The maximum atomic E-state index is 13.4. The molecule has 0 saturated carbocycles. The number of hydrazone groups is 1. The quantitative estimate of drug-likeness (QED) is 0.438. The third-order valence-electron chi connectivity index (χ3n) is 2.99. The summed E-state index contributed by atoms with van der Waals surface area (Å²) in [6, 6.07) is 9.96. The molecule has 7 nitrogen and oxygen atoms in total. The number of anilines is 1. The van der Waals surface area contributed by atoms with Gasteiger partial charge in [0.2, 0.25) is 0 Å². The molecular formula is C17H16FN3O4. The maximum absolute atomic E-state index is 13.4. The van der Waals surface area contributed by atoms with Crippen LogP contribution in [0.1, 0.15) is 12.5 Å². The molecule has 0 spiro atoms. The molecule has 0 aliphatic rings. The summed E-state index contributed by atoms with van der Waals surface area (Å²) in [5.74, 6) is -2.51. The molecule has 0 unspecified atom stereocenters. The lowest BCUT2D eigenvalue weighted by Crippen LogP contribution is -2.32. The zero-order valence-corrected chi connectivity index (χ0v) is 13.3. The summed E-state index contributed by atoms with van der Waals surface area (Å²) in [5, 5.41) is 15.4. The number of para-hydroxylation sites is 1. The minimum atomic E-state index is -1.05. The van der Waals surface area contributed by atoms with Crippen molar-refractivity contribution in [1.29, 1.82) is 0 Å². The minimum Gasteiger partial charge on any atom is -0.504 e. The van der Waals surface area contributed by atoms with Gasteiger partial charge in [0.05, 0.1) is 18.5 Å². The van der Waals surface area contributed by atoms with Gasteiger partial charge in [-0.1, -0.05) is 12.1 Å². The number of rotatable bonds is 5. The van der Waals surface area contributed by atoms with E-state index >= 15 is 0 Å². The summed E-state index contributed by atoms with van der Waals surface area (Å²) < 4.78 is 18.6.